The van der Waals surface area contributed by atoms with Crippen molar-refractivity contribution in [3.63, 3.8) is 0 Å². The molecule has 0 radical (unpaired) electrons. The maximum atomic E-state index is 13.8. The normalized spacial score (nSPS) is 25.6. The molecule has 0 spiro atoms. The number of carbonyl (C=O) groups excluding carboxylic acids is 1. The highest BCUT2D eigenvalue weighted by atomic mass is 19.4. The molecule has 31 heavy (non-hydrogen) atoms. The third-order valence-electron chi connectivity index (χ3n) is 6.29. The van der Waals surface area contributed by atoms with Gasteiger partial charge in [0.25, 0.3) is 5.91 Å². The fourth-order valence-corrected chi connectivity index (χ4v) is 4.64. The first kappa shape index (κ1) is 22.4. The molecule has 172 valence electrons. The summed E-state index contributed by atoms with van der Waals surface area (Å²) in [7, 11) is 0. The molecule has 4 nitrogen and oxygen atoms in total. The van der Waals surface area contributed by atoms with Crippen LogP contribution in [-0.2, 0) is 17.1 Å². The van der Waals surface area contributed by atoms with Gasteiger partial charge in [-0.15, -0.1) is 0 Å². The van der Waals surface area contributed by atoms with Crippen LogP contribution in [0.4, 0.5) is 26.3 Å². The van der Waals surface area contributed by atoms with E-state index in [1.807, 2.05) is 0 Å². The third kappa shape index (κ3) is 4.84. The standard InChI is InChI=1S/C21H24F6N2O2/c22-20(23,24)13-9-14(12-3-4-12)18(15(10-13)21(25,26)27)19(30)28-16-11-31-8-5-17(16)29-6-1-2-7-29/h9-10,12,16-17H,1-8,11H2,(H,28,30)/t16-,17?/m1/s1. The SMILES string of the molecule is O=C(N[C@@H]1COCCC1N1CCCC1)c1c(C2CC2)cc(C(F)(F)F)cc1C(F)(F)F. The van der Waals surface area contributed by atoms with Crippen LogP contribution < -0.4 is 5.32 Å². The van der Waals surface area contributed by atoms with E-state index in [2.05, 4.69) is 10.2 Å². The van der Waals surface area contributed by atoms with Gasteiger partial charge < -0.3 is 10.1 Å². The summed E-state index contributed by atoms with van der Waals surface area (Å²) in [5, 5.41) is 2.67. The number of hydrogen-bond acceptors (Lipinski definition) is 3. The number of hydrogen-bond donors (Lipinski definition) is 1. The van der Waals surface area contributed by atoms with E-state index in [0.717, 1.165) is 25.9 Å². The Kier molecular flexibility index (Phi) is 5.97. The molecule has 3 fully saturated rings. The van der Waals surface area contributed by atoms with Crippen LogP contribution >= 0.6 is 0 Å². The lowest BCUT2D eigenvalue weighted by Crippen LogP contribution is -2.56. The highest BCUT2D eigenvalue weighted by Gasteiger charge is 2.44. The number of ether oxygens (including phenoxy) is 1. The summed E-state index contributed by atoms with van der Waals surface area (Å²) in [6.45, 7) is 2.35. The molecule has 1 unspecified atom stereocenters. The average molecular weight is 450 g/mol. The molecule has 0 bridgehead atoms. The molecular weight excluding hydrogens is 426 g/mol. The fourth-order valence-electron chi connectivity index (χ4n) is 4.64. The summed E-state index contributed by atoms with van der Waals surface area (Å²) in [6.07, 6.45) is -6.43. The fraction of sp³-hybridized carbons (Fsp3) is 0.667. The van der Waals surface area contributed by atoms with Crippen LogP contribution in [-0.4, -0.2) is 49.2 Å². The third-order valence-corrected chi connectivity index (χ3v) is 6.29. The predicted molar refractivity (Wildman–Crippen MR) is 99.7 cm³/mol. The monoisotopic (exact) mass is 450 g/mol. The Bertz CT molecular complexity index is 828. The molecule has 10 heteroatoms. The molecule has 1 amide bonds. The number of benzene rings is 1. The van der Waals surface area contributed by atoms with Crippen LogP contribution in [0.15, 0.2) is 12.1 Å². The zero-order valence-electron chi connectivity index (χ0n) is 16.8. The minimum Gasteiger partial charge on any atom is -0.379 e. The summed E-state index contributed by atoms with van der Waals surface area (Å²) in [5.41, 5.74) is -3.77. The summed E-state index contributed by atoms with van der Waals surface area (Å²) in [6, 6.07) is 0.177. The number of nitrogens with one attached hydrogen (secondary N) is 1. The quantitative estimate of drug-likeness (QED) is 0.683. The van der Waals surface area contributed by atoms with Gasteiger partial charge in [0.2, 0.25) is 0 Å². The number of carbonyl (C=O) groups is 1. The zero-order chi connectivity index (χ0) is 22.4. The van der Waals surface area contributed by atoms with Crippen molar-refractivity contribution in [2.75, 3.05) is 26.3 Å². The van der Waals surface area contributed by atoms with Gasteiger partial charge in [0.15, 0.2) is 0 Å². The Morgan fingerprint density at radius 2 is 1.68 bits per heavy atom. The lowest BCUT2D eigenvalue weighted by molar-refractivity contribution is -0.143. The van der Waals surface area contributed by atoms with Crippen LogP contribution in [0.5, 0.6) is 0 Å². The van der Waals surface area contributed by atoms with E-state index >= 15 is 0 Å². The Morgan fingerprint density at radius 3 is 2.26 bits per heavy atom. The van der Waals surface area contributed by atoms with Gasteiger partial charge in [-0.3, -0.25) is 9.69 Å². The summed E-state index contributed by atoms with van der Waals surface area (Å²) < 4.78 is 86.5. The average Bonchev–Trinajstić information content (AvgIpc) is 3.40. The molecule has 2 aliphatic heterocycles. The van der Waals surface area contributed by atoms with Gasteiger partial charge in [0, 0.05) is 12.6 Å². The van der Waals surface area contributed by atoms with Crippen molar-refractivity contribution in [2.45, 2.75) is 62.5 Å². The van der Waals surface area contributed by atoms with E-state index in [9.17, 15) is 31.1 Å². The van der Waals surface area contributed by atoms with Gasteiger partial charge in [0.1, 0.15) is 0 Å². The van der Waals surface area contributed by atoms with E-state index in [1.165, 1.54) is 0 Å². The molecule has 1 aromatic rings. The van der Waals surface area contributed by atoms with E-state index in [-0.39, 0.29) is 24.3 Å². The van der Waals surface area contributed by atoms with Gasteiger partial charge in [-0.05, 0) is 68.8 Å². The van der Waals surface area contributed by atoms with Crippen molar-refractivity contribution in [3.05, 3.63) is 34.4 Å². The summed E-state index contributed by atoms with van der Waals surface area (Å²) in [4.78, 5) is 15.3. The molecule has 0 aromatic heterocycles. The molecule has 1 aliphatic carbocycles. The highest BCUT2D eigenvalue weighted by Crippen LogP contribution is 2.47. The molecule has 3 aliphatic rings. The predicted octanol–water partition coefficient (Wildman–Crippen LogP) is 4.58. The van der Waals surface area contributed by atoms with Gasteiger partial charge >= 0.3 is 12.4 Å². The lowest BCUT2D eigenvalue weighted by Gasteiger charge is -2.38. The molecule has 2 heterocycles. The van der Waals surface area contributed by atoms with E-state index < -0.39 is 46.9 Å². The Balaban J connectivity index is 1.69. The molecule has 2 atom stereocenters. The zero-order valence-corrected chi connectivity index (χ0v) is 16.8. The van der Waals surface area contributed by atoms with Gasteiger partial charge in [-0.25, -0.2) is 0 Å². The van der Waals surface area contributed by atoms with Gasteiger partial charge in [-0.1, -0.05) is 0 Å². The largest absolute Gasteiger partial charge is 0.417 e. The minimum absolute atomic E-state index is 0.0517. The summed E-state index contributed by atoms with van der Waals surface area (Å²) in [5.74, 6) is -1.45. The van der Waals surface area contributed by atoms with Crippen molar-refractivity contribution >= 4 is 5.91 Å². The summed E-state index contributed by atoms with van der Waals surface area (Å²) >= 11 is 0. The maximum Gasteiger partial charge on any atom is 0.417 e. The van der Waals surface area contributed by atoms with Crippen molar-refractivity contribution in [2.24, 2.45) is 0 Å². The Labute approximate surface area is 175 Å². The highest BCUT2D eigenvalue weighted by molar-refractivity contribution is 5.98. The Morgan fingerprint density at radius 1 is 1.00 bits per heavy atom. The van der Waals surface area contributed by atoms with Crippen LogP contribution in [0.1, 0.15) is 65.1 Å². The van der Waals surface area contributed by atoms with Gasteiger partial charge in [0.05, 0.1) is 29.3 Å². The second-order valence-electron chi connectivity index (χ2n) is 8.51. The minimum atomic E-state index is -5.09. The number of halogens is 6. The molecule has 4 rings (SSSR count). The number of rotatable bonds is 4. The molecule has 1 saturated carbocycles. The van der Waals surface area contributed by atoms with Crippen LogP contribution in [0.3, 0.4) is 0 Å². The van der Waals surface area contributed by atoms with Crippen molar-refractivity contribution in [3.8, 4) is 0 Å². The number of nitrogens with zero attached hydrogens (tertiary/aromatic N) is 1. The molecule has 2 saturated heterocycles. The van der Waals surface area contributed by atoms with Crippen molar-refractivity contribution < 1.29 is 35.9 Å². The second kappa shape index (κ2) is 8.27. The number of likely N-dealkylation sites (tertiary alicyclic amines) is 1. The smallest absolute Gasteiger partial charge is 0.379 e. The van der Waals surface area contributed by atoms with Crippen LogP contribution in [0.25, 0.3) is 0 Å². The van der Waals surface area contributed by atoms with Crippen molar-refractivity contribution in [1.82, 2.24) is 10.2 Å². The van der Waals surface area contributed by atoms with Crippen LogP contribution in [0, 0.1) is 0 Å². The number of amides is 1. The first-order chi connectivity index (χ1) is 14.6. The van der Waals surface area contributed by atoms with E-state index in [0.29, 0.717) is 31.9 Å². The topological polar surface area (TPSA) is 41.6 Å². The van der Waals surface area contributed by atoms with Crippen molar-refractivity contribution in [1.29, 1.82) is 0 Å². The van der Waals surface area contributed by atoms with Gasteiger partial charge in [-0.2, -0.15) is 26.3 Å². The van der Waals surface area contributed by atoms with E-state index in [1.54, 1.807) is 0 Å². The number of alkyl halides is 6. The maximum absolute atomic E-state index is 13.8. The Hall–Kier alpha value is -1.81. The molecule has 1 aromatic carbocycles. The second-order valence-corrected chi connectivity index (χ2v) is 8.51. The first-order valence-electron chi connectivity index (χ1n) is 10.5. The van der Waals surface area contributed by atoms with E-state index in [4.69, 9.17) is 4.74 Å². The molecular formula is C21H24F6N2O2. The first-order valence-corrected chi connectivity index (χ1v) is 10.5. The molecule has 1 N–H and O–H groups in total. The lowest BCUT2D eigenvalue weighted by atomic mass is 9.92. The van der Waals surface area contributed by atoms with Crippen LogP contribution in [0.2, 0.25) is 0 Å².